The van der Waals surface area contributed by atoms with E-state index in [1.807, 2.05) is 68.4 Å². The number of hydrogen-bond donors (Lipinski definition) is 0. The van der Waals surface area contributed by atoms with Crippen molar-refractivity contribution in [1.29, 1.82) is 0 Å². The number of para-hydroxylation sites is 2. The maximum absolute atomic E-state index is 4.89. The lowest BCUT2D eigenvalue weighted by molar-refractivity contribution is 0.591. The topological polar surface area (TPSA) is 37.6 Å². The molecule has 0 amide bonds. The third-order valence-corrected chi connectivity index (χ3v) is 4.54. The van der Waals surface area contributed by atoms with Gasteiger partial charge in [0.05, 0.1) is 34.2 Å². The smallest absolute Gasteiger partial charge is 0.0849 e. The first-order chi connectivity index (χ1) is 13.3. The van der Waals surface area contributed by atoms with Crippen molar-refractivity contribution in [2.24, 2.45) is 9.98 Å². The van der Waals surface area contributed by atoms with Crippen LogP contribution in [0, 0.1) is 0 Å². The van der Waals surface area contributed by atoms with Crippen molar-refractivity contribution < 1.29 is 0 Å². The van der Waals surface area contributed by atoms with Gasteiger partial charge < -0.3 is 0 Å². The van der Waals surface area contributed by atoms with Crippen LogP contribution in [0.5, 0.6) is 0 Å². The SMILES string of the molecule is C/C(=N\c1ccccc1)c1cccc(/C(C)=N/c2ccccc2C(C)(C)C)n1. The minimum atomic E-state index is 0.0363. The fourth-order valence-electron chi connectivity index (χ4n) is 3.03. The van der Waals surface area contributed by atoms with Gasteiger partial charge in [0.25, 0.3) is 0 Å². The average Bonchev–Trinajstić information content (AvgIpc) is 2.68. The van der Waals surface area contributed by atoms with Gasteiger partial charge in [-0.25, -0.2) is 4.98 Å². The molecule has 0 aliphatic heterocycles. The summed E-state index contributed by atoms with van der Waals surface area (Å²) in [6.45, 7) is 10.6. The average molecular weight is 370 g/mol. The summed E-state index contributed by atoms with van der Waals surface area (Å²) in [7, 11) is 0. The lowest BCUT2D eigenvalue weighted by Gasteiger charge is -2.21. The second-order valence-electron chi connectivity index (χ2n) is 7.91. The van der Waals surface area contributed by atoms with E-state index in [2.05, 4.69) is 44.0 Å². The van der Waals surface area contributed by atoms with E-state index in [0.717, 1.165) is 34.2 Å². The molecule has 0 N–H and O–H groups in total. The molecule has 0 saturated heterocycles. The van der Waals surface area contributed by atoms with Crippen molar-refractivity contribution in [1.82, 2.24) is 4.98 Å². The highest BCUT2D eigenvalue weighted by Crippen LogP contribution is 2.31. The molecule has 3 aromatic rings. The molecule has 0 unspecified atom stereocenters. The molecule has 0 aliphatic rings. The molecule has 28 heavy (non-hydrogen) atoms. The molecule has 2 aromatic carbocycles. The van der Waals surface area contributed by atoms with Gasteiger partial charge in [-0.15, -0.1) is 0 Å². The van der Waals surface area contributed by atoms with Gasteiger partial charge in [0.15, 0.2) is 0 Å². The van der Waals surface area contributed by atoms with E-state index >= 15 is 0 Å². The van der Waals surface area contributed by atoms with Gasteiger partial charge in [0.1, 0.15) is 0 Å². The van der Waals surface area contributed by atoms with Gasteiger partial charge >= 0.3 is 0 Å². The molecule has 3 rings (SSSR count). The van der Waals surface area contributed by atoms with Gasteiger partial charge in [0.2, 0.25) is 0 Å². The maximum Gasteiger partial charge on any atom is 0.0849 e. The summed E-state index contributed by atoms with van der Waals surface area (Å²) in [4.78, 5) is 14.4. The Morgan fingerprint density at radius 1 is 0.679 bits per heavy atom. The summed E-state index contributed by atoms with van der Waals surface area (Å²) in [6, 6.07) is 24.2. The summed E-state index contributed by atoms with van der Waals surface area (Å²) >= 11 is 0. The van der Waals surface area contributed by atoms with Crippen LogP contribution < -0.4 is 0 Å². The molecule has 0 fully saturated rings. The Kier molecular flexibility index (Phi) is 5.84. The van der Waals surface area contributed by atoms with Crippen LogP contribution in [0.1, 0.15) is 51.6 Å². The Balaban J connectivity index is 1.95. The Labute approximate surface area is 167 Å². The Hall–Kier alpha value is -3.07. The zero-order valence-corrected chi connectivity index (χ0v) is 17.3. The van der Waals surface area contributed by atoms with E-state index in [1.54, 1.807) is 0 Å². The zero-order chi connectivity index (χ0) is 20.1. The van der Waals surface area contributed by atoms with Crippen LogP contribution in [0.2, 0.25) is 0 Å². The Bertz CT molecular complexity index is 1010. The molecule has 0 saturated carbocycles. The van der Waals surface area contributed by atoms with Gasteiger partial charge in [-0.05, 0) is 55.2 Å². The van der Waals surface area contributed by atoms with Crippen LogP contribution in [-0.4, -0.2) is 16.4 Å². The molecule has 142 valence electrons. The van der Waals surface area contributed by atoms with E-state index in [0.29, 0.717) is 0 Å². The van der Waals surface area contributed by atoms with Crippen LogP contribution in [0.3, 0.4) is 0 Å². The molecule has 0 aliphatic carbocycles. The number of hydrogen-bond acceptors (Lipinski definition) is 3. The van der Waals surface area contributed by atoms with Crippen molar-refractivity contribution in [2.45, 2.75) is 40.0 Å². The molecule has 0 spiro atoms. The molecule has 0 radical (unpaired) electrons. The van der Waals surface area contributed by atoms with Crippen molar-refractivity contribution >= 4 is 22.8 Å². The van der Waals surface area contributed by atoms with Gasteiger partial charge in [-0.1, -0.05) is 63.2 Å². The van der Waals surface area contributed by atoms with Crippen LogP contribution >= 0.6 is 0 Å². The van der Waals surface area contributed by atoms with Crippen LogP contribution in [0.15, 0.2) is 82.8 Å². The lowest BCUT2D eigenvalue weighted by atomic mass is 9.86. The number of pyridine rings is 1. The Morgan fingerprint density at radius 2 is 1.25 bits per heavy atom. The van der Waals surface area contributed by atoms with E-state index in [9.17, 15) is 0 Å². The first kappa shape index (κ1) is 19.7. The minimum Gasteiger partial charge on any atom is -0.252 e. The number of aromatic nitrogens is 1. The van der Waals surface area contributed by atoms with Crippen LogP contribution in [0.4, 0.5) is 11.4 Å². The molecular weight excluding hydrogens is 342 g/mol. The first-order valence-electron chi connectivity index (χ1n) is 9.57. The molecule has 3 nitrogen and oxygen atoms in total. The van der Waals surface area contributed by atoms with Crippen molar-refractivity contribution in [3.05, 3.63) is 89.7 Å². The van der Waals surface area contributed by atoms with Crippen LogP contribution in [-0.2, 0) is 5.41 Å². The largest absolute Gasteiger partial charge is 0.252 e. The maximum atomic E-state index is 4.89. The predicted molar refractivity (Wildman–Crippen MR) is 120 cm³/mol. The zero-order valence-electron chi connectivity index (χ0n) is 17.3. The fourth-order valence-corrected chi connectivity index (χ4v) is 3.03. The summed E-state index contributed by atoms with van der Waals surface area (Å²) < 4.78 is 0. The van der Waals surface area contributed by atoms with Crippen LogP contribution in [0.25, 0.3) is 0 Å². The molecule has 0 bridgehead atoms. The lowest BCUT2D eigenvalue weighted by Crippen LogP contribution is -2.11. The molecular formula is C25H27N3. The Morgan fingerprint density at radius 3 is 1.89 bits per heavy atom. The van der Waals surface area contributed by atoms with Crippen molar-refractivity contribution in [2.75, 3.05) is 0 Å². The quantitative estimate of drug-likeness (QED) is 0.474. The third kappa shape index (κ3) is 4.80. The highest BCUT2D eigenvalue weighted by atomic mass is 14.8. The van der Waals surface area contributed by atoms with Gasteiger partial charge in [-0.2, -0.15) is 0 Å². The third-order valence-electron chi connectivity index (χ3n) is 4.54. The number of nitrogens with zero attached hydrogens (tertiary/aromatic N) is 3. The summed E-state index contributed by atoms with van der Waals surface area (Å²) in [5, 5.41) is 0. The van der Waals surface area contributed by atoms with E-state index < -0.39 is 0 Å². The summed E-state index contributed by atoms with van der Waals surface area (Å²) in [5.74, 6) is 0. The number of rotatable bonds is 4. The molecule has 1 aromatic heterocycles. The molecule has 0 atom stereocenters. The van der Waals surface area contributed by atoms with Crippen molar-refractivity contribution in [3.8, 4) is 0 Å². The standard InChI is InChI=1S/C25H27N3/c1-18(26-20-12-7-6-8-13-20)22-16-11-17-23(28-22)19(2)27-24-15-10-9-14-21(24)25(3,4)5/h6-17H,1-5H3/b26-18+,27-19+. The van der Waals surface area contributed by atoms with E-state index in [1.165, 1.54) is 5.56 Å². The normalized spacial score (nSPS) is 12.9. The summed E-state index contributed by atoms with van der Waals surface area (Å²) in [5.41, 5.74) is 6.69. The second kappa shape index (κ2) is 8.30. The second-order valence-corrected chi connectivity index (χ2v) is 7.91. The van der Waals surface area contributed by atoms with E-state index in [4.69, 9.17) is 9.98 Å². The first-order valence-corrected chi connectivity index (χ1v) is 9.57. The molecule has 1 heterocycles. The summed E-state index contributed by atoms with van der Waals surface area (Å²) in [6.07, 6.45) is 0. The van der Waals surface area contributed by atoms with Gasteiger partial charge in [-0.3, -0.25) is 9.98 Å². The minimum absolute atomic E-state index is 0.0363. The number of aliphatic imine (C=N–C) groups is 2. The van der Waals surface area contributed by atoms with Crippen molar-refractivity contribution in [3.63, 3.8) is 0 Å². The monoisotopic (exact) mass is 369 g/mol. The highest BCUT2D eigenvalue weighted by molar-refractivity contribution is 6.02. The molecule has 3 heteroatoms. The highest BCUT2D eigenvalue weighted by Gasteiger charge is 2.17. The van der Waals surface area contributed by atoms with Gasteiger partial charge in [0, 0.05) is 0 Å². The number of benzene rings is 2. The van der Waals surface area contributed by atoms with E-state index in [-0.39, 0.29) is 5.41 Å². The predicted octanol–water partition coefficient (Wildman–Crippen LogP) is 6.66. The fraction of sp³-hybridized carbons (Fsp3) is 0.240.